The number of rotatable bonds is 5. The van der Waals surface area contributed by atoms with Crippen LogP contribution in [0.3, 0.4) is 0 Å². The molecular weight excluding hydrogens is 309 g/mol. The summed E-state index contributed by atoms with van der Waals surface area (Å²) in [6.45, 7) is 13.9. The molecule has 2 aromatic rings. The van der Waals surface area contributed by atoms with Crippen molar-refractivity contribution >= 4 is 12.9 Å². The fourth-order valence-corrected chi connectivity index (χ4v) is 2.26. The maximum atomic E-state index is 10.2. The number of aliphatic hydroxyl groups is 1. The van der Waals surface area contributed by atoms with Gasteiger partial charge in [0, 0.05) is 11.8 Å². The highest BCUT2D eigenvalue weighted by atomic mass is 16.5. The lowest BCUT2D eigenvalue weighted by molar-refractivity contribution is -0.0893. The molecule has 0 saturated heterocycles. The van der Waals surface area contributed by atoms with Gasteiger partial charge in [0.25, 0.3) is 0 Å². The van der Waals surface area contributed by atoms with Gasteiger partial charge in [0.1, 0.15) is 0 Å². The summed E-state index contributed by atoms with van der Waals surface area (Å²) in [5.74, 6) is 0. The third kappa shape index (κ3) is 4.93. The van der Waals surface area contributed by atoms with E-state index in [0.29, 0.717) is 7.48 Å². The summed E-state index contributed by atoms with van der Waals surface area (Å²) >= 11 is 0. The van der Waals surface area contributed by atoms with Gasteiger partial charge in [-0.2, -0.15) is 0 Å². The maximum Gasteiger partial charge on any atom is 0.311 e. The fraction of sp³-hybridized carbons (Fsp3) is 0.476. The van der Waals surface area contributed by atoms with E-state index in [9.17, 15) is 5.11 Å². The topological polar surface area (TPSA) is 42.4 Å². The molecule has 0 atom stereocenters. The number of pyridine rings is 1. The summed E-state index contributed by atoms with van der Waals surface area (Å²) in [6.07, 6.45) is 1.84. The van der Waals surface area contributed by atoms with Crippen LogP contribution in [-0.2, 0) is 10.1 Å². The van der Waals surface area contributed by atoms with E-state index in [1.54, 1.807) is 13.8 Å². The minimum absolute atomic E-state index is 0.153. The molecule has 1 heterocycles. The molecule has 0 aliphatic carbocycles. The standard InChI is InChI=1S/C21H30BNO2/c1-19(2,3)16-10-8-15(9-11-16)18-13-12-17(14-23-18)22-25-21(6,7)20(4,5)24/h8-14,22,24H,1-7H3. The lowest BCUT2D eigenvalue weighted by Gasteiger charge is -2.37. The first kappa shape index (κ1) is 19.7. The minimum atomic E-state index is -0.908. The molecule has 3 nitrogen and oxygen atoms in total. The number of nitrogens with zero attached hydrogens (tertiary/aromatic N) is 1. The Kier molecular flexibility index (Phi) is 5.45. The zero-order valence-corrected chi connectivity index (χ0v) is 16.6. The van der Waals surface area contributed by atoms with E-state index in [2.05, 4.69) is 50.0 Å². The lowest BCUT2D eigenvalue weighted by Crippen LogP contribution is -2.49. The van der Waals surface area contributed by atoms with Gasteiger partial charge in [-0.05, 0) is 50.2 Å². The summed E-state index contributed by atoms with van der Waals surface area (Å²) in [7, 11) is 0.424. The first-order valence-electron chi connectivity index (χ1n) is 8.82. The molecule has 1 aromatic heterocycles. The van der Waals surface area contributed by atoms with E-state index < -0.39 is 11.2 Å². The highest BCUT2D eigenvalue weighted by molar-refractivity contribution is 6.46. The molecule has 134 valence electrons. The number of aromatic nitrogens is 1. The Labute approximate surface area is 152 Å². The van der Waals surface area contributed by atoms with Crippen LogP contribution in [0.15, 0.2) is 42.6 Å². The highest BCUT2D eigenvalue weighted by Gasteiger charge is 2.35. The van der Waals surface area contributed by atoms with Crippen LogP contribution in [0.25, 0.3) is 11.3 Å². The third-order valence-corrected chi connectivity index (χ3v) is 4.94. The molecule has 1 N–H and O–H groups in total. The Morgan fingerprint density at radius 1 is 0.880 bits per heavy atom. The molecule has 0 unspecified atom stereocenters. The number of hydrogen-bond donors (Lipinski definition) is 1. The van der Waals surface area contributed by atoms with Crippen molar-refractivity contribution in [3.8, 4) is 11.3 Å². The second-order valence-electron chi connectivity index (χ2n) is 8.74. The van der Waals surface area contributed by atoms with E-state index in [0.717, 1.165) is 16.7 Å². The van der Waals surface area contributed by atoms with E-state index >= 15 is 0 Å². The van der Waals surface area contributed by atoms with Gasteiger partial charge < -0.3 is 9.76 Å². The van der Waals surface area contributed by atoms with Crippen molar-refractivity contribution in [3.63, 3.8) is 0 Å². The van der Waals surface area contributed by atoms with Crippen LogP contribution in [0, 0.1) is 0 Å². The average Bonchev–Trinajstić information content (AvgIpc) is 2.52. The Hall–Kier alpha value is -1.65. The zero-order valence-electron chi connectivity index (χ0n) is 16.6. The maximum absolute atomic E-state index is 10.2. The van der Waals surface area contributed by atoms with Crippen molar-refractivity contribution in [2.75, 3.05) is 0 Å². The summed E-state index contributed by atoms with van der Waals surface area (Å²) in [5.41, 5.74) is 2.98. The van der Waals surface area contributed by atoms with Gasteiger partial charge in [0.2, 0.25) is 0 Å². The molecule has 25 heavy (non-hydrogen) atoms. The van der Waals surface area contributed by atoms with Crippen molar-refractivity contribution in [1.29, 1.82) is 0 Å². The molecule has 1 aromatic carbocycles. The van der Waals surface area contributed by atoms with E-state index in [1.807, 2.05) is 32.2 Å². The molecule has 0 aliphatic rings. The van der Waals surface area contributed by atoms with Crippen LogP contribution in [0.2, 0.25) is 0 Å². The van der Waals surface area contributed by atoms with Crippen LogP contribution in [0.4, 0.5) is 0 Å². The van der Waals surface area contributed by atoms with Crippen molar-refractivity contribution in [2.45, 2.75) is 65.1 Å². The molecule has 0 bridgehead atoms. The Bertz CT molecular complexity index is 693. The molecule has 0 fully saturated rings. The molecule has 0 amide bonds. The molecule has 0 saturated carbocycles. The van der Waals surface area contributed by atoms with Gasteiger partial charge >= 0.3 is 7.48 Å². The quantitative estimate of drug-likeness (QED) is 0.847. The van der Waals surface area contributed by atoms with E-state index in [4.69, 9.17) is 4.65 Å². The lowest BCUT2D eigenvalue weighted by atomic mass is 9.83. The van der Waals surface area contributed by atoms with Crippen molar-refractivity contribution in [1.82, 2.24) is 4.98 Å². The van der Waals surface area contributed by atoms with Crippen molar-refractivity contribution in [3.05, 3.63) is 48.2 Å². The molecule has 2 rings (SSSR count). The summed E-state index contributed by atoms with van der Waals surface area (Å²) < 4.78 is 5.89. The summed E-state index contributed by atoms with van der Waals surface area (Å²) in [6, 6.07) is 12.6. The van der Waals surface area contributed by atoms with Crippen LogP contribution in [0.5, 0.6) is 0 Å². The predicted molar refractivity (Wildman–Crippen MR) is 107 cm³/mol. The van der Waals surface area contributed by atoms with Crippen LogP contribution >= 0.6 is 0 Å². The predicted octanol–water partition coefficient (Wildman–Crippen LogP) is 3.59. The van der Waals surface area contributed by atoms with E-state index in [1.165, 1.54) is 5.56 Å². The second-order valence-corrected chi connectivity index (χ2v) is 8.74. The largest absolute Gasteiger partial charge is 0.427 e. The monoisotopic (exact) mass is 339 g/mol. The first-order chi connectivity index (χ1) is 11.4. The normalized spacial score (nSPS) is 13.0. The molecule has 4 heteroatoms. The summed E-state index contributed by atoms with van der Waals surface area (Å²) in [5, 5.41) is 10.2. The number of hydrogen-bond acceptors (Lipinski definition) is 3. The molecule has 0 aliphatic heterocycles. The Balaban J connectivity index is 2.07. The second kappa shape index (κ2) is 6.93. The van der Waals surface area contributed by atoms with Gasteiger partial charge in [0.05, 0.1) is 16.9 Å². The first-order valence-corrected chi connectivity index (χ1v) is 8.82. The molecular formula is C21H30BNO2. The fourth-order valence-electron chi connectivity index (χ4n) is 2.26. The summed E-state index contributed by atoms with van der Waals surface area (Å²) in [4.78, 5) is 4.56. The number of benzene rings is 1. The van der Waals surface area contributed by atoms with Crippen LogP contribution in [0.1, 0.15) is 54.0 Å². The zero-order chi connectivity index (χ0) is 18.9. The van der Waals surface area contributed by atoms with Gasteiger partial charge in [-0.1, -0.05) is 51.1 Å². The minimum Gasteiger partial charge on any atom is -0.427 e. The van der Waals surface area contributed by atoms with Crippen molar-refractivity contribution in [2.24, 2.45) is 0 Å². The molecule has 0 radical (unpaired) electrons. The smallest absolute Gasteiger partial charge is 0.311 e. The van der Waals surface area contributed by atoms with Crippen LogP contribution in [-0.4, -0.2) is 28.8 Å². The van der Waals surface area contributed by atoms with E-state index in [-0.39, 0.29) is 5.41 Å². The SMILES string of the molecule is CC(C)(C)c1ccc(-c2ccc(BOC(C)(C)C(C)(C)O)cn2)cc1. The van der Waals surface area contributed by atoms with Gasteiger partial charge in [-0.3, -0.25) is 4.98 Å². The Morgan fingerprint density at radius 2 is 1.48 bits per heavy atom. The molecule has 0 spiro atoms. The van der Waals surface area contributed by atoms with Crippen LogP contribution < -0.4 is 5.46 Å². The third-order valence-electron chi connectivity index (χ3n) is 4.94. The average molecular weight is 339 g/mol. The Morgan fingerprint density at radius 3 is 1.92 bits per heavy atom. The van der Waals surface area contributed by atoms with Crippen molar-refractivity contribution < 1.29 is 9.76 Å². The highest BCUT2D eigenvalue weighted by Crippen LogP contribution is 2.26. The van der Waals surface area contributed by atoms with Gasteiger partial charge in [-0.25, -0.2) is 0 Å². The van der Waals surface area contributed by atoms with Gasteiger partial charge in [0.15, 0.2) is 0 Å². The van der Waals surface area contributed by atoms with Gasteiger partial charge in [-0.15, -0.1) is 0 Å².